The zero-order chi connectivity index (χ0) is 16.3. The van der Waals surface area contributed by atoms with Crippen LogP contribution in [0.2, 0.25) is 0 Å². The van der Waals surface area contributed by atoms with Crippen LogP contribution in [0, 0.1) is 0 Å². The highest BCUT2D eigenvalue weighted by Gasteiger charge is 2.28. The highest BCUT2D eigenvalue weighted by atomic mass is 16.6. The fourth-order valence-corrected chi connectivity index (χ4v) is 2.64. The number of nitrogen functional groups attached to an aromatic ring is 1. The van der Waals surface area contributed by atoms with Crippen molar-refractivity contribution in [1.29, 1.82) is 0 Å². The van der Waals surface area contributed by atoms with Gasteiger partial charge in [0, 0.05) is 18.7 Å². The summed E-state index contributed by atoms with van der Waals surface area (Å²) in [5, 5.41) is 0. The van der Waals surface area contributed by atoms with Crippen molar-refractivity contribution in [2.75, 3.05) is 25.9 Å². The lowest BCUT2D eigenvalue weighted by Gasteiger charge is -2.33. The number of ether oxygens (including phenoxy) is 2. The van der Waals surface area contributed by atoms with E-state index in [2.05, 4.69) is 4.98 Å². The molecule has 1 aromatic heterocycles. The molecule has 0 saturated carbocycles. The number of likely N-dealkylation sites (tertiary alicyclic amines) is 1. The summed E-state index contributed by atoms with van der Waals surface area (Å²) in [6, 6.07) is 3.76. The smallest absolute Gasteiger partial charge is 0.410 e. The molecular formula is C16H25N3O3. The molecule has 2 rings (SSSR count). The number of anilines is 1. The first-order valence-corrected chi connectivity index (χ1v) is 7.58. The third kappa shape index (κ3) is 4.02. The Morgan fingerprint density at radius 1 is 1.32 bits per heavy atom. The molecule has 6 nitrogen and oxygen atoms in total. The van der Waals surface area contributed by atoms with E-state index < -0.39 is 5.60 Å². The third-order valence-electron chi connectivity index (χ3n) is 3.69. The van der Waals surface area contributed by atoms with Gasteiger partial charge in [-0.05, 0) is 51.7 Å². The number of piperidine rings is 1. The summed E-state index contributed by atoms with van der Waals surface area (Å²) in [5.41, 5.74) is 6.29. The predicted molar refractivity (Wildman–Crippen MR) is 85.0 cm³/mol. The zero-order valence-corrected chi connectivity index (χ0v) is 13.8. The third-order valence-corrected chi connectivity index (χ3v) is 3.69. The highest BCUT2D eigenvalue weighted by Crippen LogP contribution is 2.34. The quantitative estimate of drug-likeness (QED) is 0.909. The van der Waals surface area contributed by atoms with Gasteiger partial charge in [0.25, 0.3) is 0 Å². The van der Waals surface area contributed by atoms with Gasteiger partial charge >= 0.3 is 6.09 Å². The molecule has 0 unspecified atom stereocenters. The van der Waals surface area contributed by atoms with E-state index in [-0.39, 0.29) is 6.09 Å². The largest absolute Gasteiger partial charge is 0.481 e. The number of nitrogens with zero attached hydrogens (tertiary/aromatic N) is 2. The molecule has 6 heteroatoms. The molecule has 0 bridgehead atoms. The van der Waals surface area contributed by atoms with Crippen molar-refractivity contribution in [3.8, 4) is 5.88 Å². The minimum Gasteiger partial charge on any atom is -0.481 e. The maximum Gasteiger partial charge on any atom is 0.410 e. The zero-order valence-electron chi connectivity index (χ0n) is 13.8. The number of methoxy groups -OCH3 is 1. The van der Waals surface area contributed by atoms with Crippen LogP contribution in [0.25, 0.3) is 0 Å². The molecule has 1 aliphatic heterocycles. The van der Waals surface area contributed by atoms with Crippen LogP contribution in [0.3, 0.4) is 0 Å². The molecule has 1 saturated heterocycles. The number of aromatic nitrogens is 1. The molecule has 1 aliphatic rings. The molecule has 1 fully saturated rings. The second-order valence-corrected chi connectivity index (χ2v) is 6.58. The fourth-order valence-electron chi connectivity index (χ4n) is 2.64. The Labute approximate surface area is 131 Å². The van der Waals surface area contributed by atoms with Crippen molar-refractivity contribution in [2.24, 2.45) is 0 Å². The van der Waals surface area contributed by atoms with Gasteiger partial charge in [-0.25, -0.2) is 4.79 Å². The lowest BCUT2D eigenvalue weighted by Crippen LogP contribution is -2.41. The molecule has 22 heavy (non-hydrogen) atoms. The van der Waals surface area contributed by atoms with Gasteiger partial charge in [-0.1, -0.05) is 0 Å². The Kier molecular flexibility index (Phi) is 4.78. The Balaban J connectivity index is 1.99. The monoisotopic (exact) mass is 307 g/mol. The van der Waals surface area contributed by atoms with Crippen LogP contribution in [-0.4, -0.2) is 41.8 Å². The maximum atomic E-state index is 12.1. The SMILES string of the molecule is COc1nc(N)ccc1C1CCN(C(=O)OC(C)(C)C)CC1. The molecule has 0 spiro atoms. The summed E-state index contributed by atoms with van der Waals surface area (Å²) >= 11 is 0. The summed E-state index contributed by atoms with van der Waals surface area (Å²) < 4.78 is 10.7. The summed E-state index contributed by atoms with van der Waals surface area (Å²) in [7, 11) is 1.60. The Morgan fingerprint density at radius 3 is 2.50 bits per heavy atom. The van der Waals surface area contributed by atoms with Crippen LogP contribution in [0.4, 0.5) is 10.6 Å². The van der Waals surface area contributed by atoms with Gasteiger partial charge in [0.2, 0.25) is 5.88 Å². The molecule has 0 aromatic carbocycles. The molecule has 2 N–H and O–H groups in total. The van der Waals surface area contributed by atoms with E-state index in [9.17, 15) is 4.79 Å². The minimum atomic E-state index is -0.460. The average Bonchev–Trinajstić information content (AvgIpc) is 2.45. The van der Waals surface area contributed by atoms with Crippen molar-refractivity contribution in [3.05, 3.63) is 17.7 Å². The van der Waals surface area contributed by atoms with Crippen LogP contribution >= 0.6 is 0 Å². The molecule has 1 amide bonds. The molecule has 1 aromatic rings. The van der Waals surface area contributed by atoms with Crippen LogP contribution in [0.5, 0.6) is 5.88 Å². The topological polar surface area (TPSA) is 77.7 Å². The molecule has 0 radical (unpaired) electrons. The molecular weight excluding hydrogens is 282 g/mol. The van der Waals surface area contributed by atoms with Crippen molar-refractivity contribution >= 4 is 11.9 Å². The van der Waals surface area contributed by atoms with E-state index in [1.54, 1.807) is 18.1 Å². The standard InChI is InChI=1S/C16H25N3O3/c1-16(2,3)22-15(20)19-9-7-11(8-10-19)12-5-6-13(17)18-14(12)21-4/h5-6,11H,7-10H2,1-4H3,(H2,17,18). The van der Waals surface area contributed by atoms with Crippen LogP contribution in [-0.2, 0) is 4.74 Å². The Morgan fingerprint density at radius 2 is 1.95 bits per heavy atom. The number of amides is 1. The van der Waals surface area contributed by atoms with Gasteiger partial charge in [0.1, 0.15) is 11.4 Å². The van der Waals surface area contributed by atoms with Crippen LogP contribution < -0.4 is 10.5 Å². The molecule has 0 aliphatic carbocycles. The number of carbonyl (C=O) groups is 1. The van der Waals surface area contributed by atoms with E-state index in [4.69, 9.17) is 15.2 Å². The summed E-state index contributed by atoms with van der Waals surface area (Å²) in [6.45, 7) is 6.98. The van der Waals surface area contributed by atoms with Crippen LogP contribution in [0.1, 0.15) is 45.1 Å². The fraction of sp³-hybridized carbons (Fsp3) is 0.625. The van der Waals surface area contributed by atoms with E-state index in [0.717, 1.165) is 18.4 Å². The van der Waals surface area contributed by atoms with Gasteiger partial charge in [0.15, 0.2) is 0 Å². The predicted octanol–water partition coefficient (Wildman–Crippen LogP) is 2.79. The molecule has 2 heterocycles. The average molecular weight is 307 g/mol. The Hall–Kier alpha value is -1.98. The summed E-state index contributed by atoms with van der Waals surface area (Å²) in [4.78, 5) is 18.1. The van der Waals surface area contributed by atoms with Crippen molar-refractivity contribution in [1.82, 2.24) is 9.88 Å². The number of nitrogens with two attached hydrogens (primary N) is 1. The van der Waals surface area contributed by atoms with Crippen molar-refractivity contribution < 1.29 is 14.3 Å². The highest BCUT2D eigenvalue weighted by molar-refractivity contribution is 5.68. The first kappa shape index (κ1) is 16.4. The number of hydrogen-bond acceptors (Lipinski definition) is 5. The van der Waals surface area contributed by atoms with Gasteiger partial charge in [0.05, 0.1) is 7.11 Å². The number of rotatable bonds is 2. The second kappa shape index (κ2) is 6.42. The Bertz CT molecular complexity index is 532. The molecule has 122 valence electrons. The van der Waals surface area contributed by atoms with Crippen molar-refractivity contribution in [2.45, 2.75) is 45.1 Å². The number of carbonyl (C=O) groups excluding carboxylic acids is 1. The van der Waals surface area contributed by atoms with E-state index in [1.165, 1.54) is 0 Å². The maximum absolute atomic E-state index is 12.1. The number of hydrogen-bond donors (Lipinski definition) is 1. The van der Waals surface area contributed by atoms with Crippen LogP contribution in [0.15, 0.2) is 12.1 Å². The van der Waals surface area contributed by atoms with E-state index >= 15 is 0 Å². The van der Waals surface area contributed by atoms with E-state index in [0.29, 0.717) is 30.7 Å². The first-order chi connectivity index (χ1) is 10.3. The van der Waals surface area contributed by atoms with Crippen molar-refractivity contribution in [3.63, 3.8) is 0 Å². The van der Waals surface area contributed by atoms with E-state index in [1.807, 2.05) is 26.8 Å². The van der Waals surface area contributed by atoms with Gasteiger partial charge in [-0.15, -0.1) is 0 Å². The first-order valence-electron chi connectivity index (χ1n) is 7.58. The summed E-state index contributed by atoms with van der Waals surface area (Å²) in [6.07, 6.45) is 1.48. The van der Waals surface area contributed by atoms with Gasteiger partial charge < -0.3 is 20.1 Å². The van der Waals surface area contributed by atoms with Gasteiger partial charge in [-0.3, -0.25) is 0 Å². The normalized spacial score (nSPS) is 16.5. The lowest BCUT2D eigenvalue weighted by atomic mass is 9.90. The summed E-state index contributed by atoms with van der Waals surface area (Å²) in [5.74, 6) is 1.35. The van der Waals surface area contributed by atoms with Gasteiger partial charge in [-0.2, -0.15) is 4.98 Å². The second-order valence-electron chi connectivity index (χ2n) is 6.58. The lowest BCUT2D eigenvalue weighted by molar-refractivity contribution is 0.0204. The minimum absolute atomic E-state index is 0.242. The number of pyridine rings is 1. The molecule has 0 atom stereocenters.